The zero-order valence-electron chi connectivity index (χ0n) is 15.1. The topological polar surface area (TPSA) is 32.7 Å². The summed E-state index contributed by atoms with van der Waals surface area (Å²) in [5.74, 6) is 0. The molecule has 0 aromatic heterocycles. The quantitative estimate of drug-likeness (QED) is 0.834. The van der Waals surface area contributed by atoms with E-state index in [1.54, 1.807) is 0 Å². The third-order valence-corrected chi connectivity index (χ3v) is 5.01. The van der Waals surface area contributed by atoms with Crippen LogP contribution >= 0.6 is 0 Å². The minimum Gasteiger partial charge on any atom is -0.387 e. The normalized spacial score (nSPS) is 17.5. The van der Waals surface area contributed by atoms with Crippen molar-refractivity contribution in [1.29, 1.82) is 0 Å². The molecule has 0 saturated carbocycles. The van der Waals surface area contributed by atoms with Crippen molar-refractivity contribution in [2.75, 3.05) is 26.2 Å². The summed E-state index contributed by atoms with van der Waals surface area (Å²) in [7, 11) is 0. The van der Waals surface area contributed by atoms with Crippen molar-refractivity contribution in [1.82, 2.24) is 4.90 Å². The Morgan fingerprint density at radius 3 is 2.40 bits per heavy atom. The van der Waals surface area contributed by atoms with Crippen molar-refractivity contribution in [3.63, 3.8) is 0 Å². The minimum absolute atomic E-state index is 0.358. The van der Waals surface area contributed by atoms with Gasteiger partial charge in [-0.05, 0) is 37.3 Å². The molecule has 1 heterocycles. The molecule has 1 atom stereocenters. The van der Waals surface area contributed by atoms with Crippen LogP contribution < -0.4 is 0 Å². The molecule has 1 aliphatic heterocycles. The fraction of sp³-hybridized carbons (Fsp3) is 0.455. The predicted molar refractivity (Wildman–Crippen MR) is 102 cm³/mol. The largest absolute Gasteiger partial charge is 0.387 e. The van der Waals surface area contributed by atoms with Crippen LogP contribution in [-0.2, 0) is 11.2 Å². The Morgan fingerprint density at radius 1 is 1.04 bits per heavy atom. The zero-order valence-corrected chi connectivity index (χ0v) is 15.1. The van der Waals surface area contributed by atoms with E-state index in [-0.39, 0.29) is 0 Å². The molecular weight excluding hydrogens is 310 g/mol. The SMILES string of the molecule is Cc1ccc(C(O)CN2CCC(OCCc3ccccc3)CC2)cc1. The first kappa shape index (κ1) is 18.1. The van der Waals surface area contributed by atoms with Crippen LogP contribution in [0.5, 0.6) is 0 Å². The first-order valence-corrected chi connectivity index (χ1v) is 9.33. The minimum atomic E-state index is -0.406. The van der Waals surface area contributed by atoms with Gasteiger partial charge in [-0.25, -0.2) is 0 Å². The number of ether oxygens (including phenoxy) is 1. The molecule has 2 aromatic carbocycles. The van der Waals surface area contributed by atoms with Gasteiger partial charge in [0.25, 0.3) is 0 Å². The van der Waals surface area contributed by atoms with Crippen LogP contribution in [0, 0.1) is 6.92 Å². The van der Waals surface area contributed by atoms with E-state index in [2.05, 4.69) is 48.2 Å². The van der Waals surface area contributed by atoms with Crippen LogP contribution in [0.25, 0.3) is 0 Å². The smallest absolute Gasteiger partial charge is 0.0916 e. The van der Waals surface area contributed by atoms with Crippen molar-refractivity contribution >= 4 is 0 Å². The van der Waals surface area contributed by atoms with Crippen molar-refractivity contribution in [3.8, 4) is 0 Å². The van der Waals surface area contributed by atoms with Crippen LogP contribution in [0.4, 0.5) is 0 Å². The lowest BCUT2D eigenvalue weighted by molar-refractivity contribution is -0.000992. The molecule has 0 bridgehead atoms. The second-order valence-corrected chi connectivity index (χ2v) is 7.03. The summed E-state index contributed by atoms with van der Waals surface area (Å²) in [6.45, 7) is 5.57. The maximum atomic E-state index is 10.4. The molecule has 1 unspecified atom stereocenters. The Labute approximate surface area is 151 Å². The Bertz CT molecular complexity index is 618. The first-order chi connectivity index (χ1) is 12.2. The number of piperidine rings is 1. The van der Waals surface area contributed by atoms with Gasteiger partial charge < -0.3 is 14.7 Å². The molecule has 2 aromatic rings. The zero-order chi connectivity index (χ0) is 17.5. The molecule has 1 aliphatic rings. The first-order valence-electron chi connectivity index (χ1n) is 9.33. The van der Waals surface area contributed by atoms with Crippen molar-refractivity contribution in [3.05, 3.63) is 71.3 Å². The Hall–Kier alpha value is -1.68. The van der Waals surface area contributed by atoms with Gasteiger partial charge in [0.05, 0.1) is 18.8 Å². The van der Waals surface area contributed by atoms with E-state index < -0.39 is 6.10 Å². The number of β-amino-alcohol motifs (C(OH)–C–C–N with tert-alkyl or cyclic N) is 1. The third-order valence-electron chi connectivity index (χ3n) is 5.01. The van der Waals surface area contributed by atoms with Gasteiger partial charge in [-0.15, -0.1) is 0 Å². The summed E-state index contributed by atoms with van der Waals surface area (Å²) in [6.07, 6.45) is 3.03. The standard InChI is InChI=1S/C22H29NO2/c1-18-7-9-20(10-8-18)22(24)17-23-14-11-21(12-15-23)25-16-13-19-5-3-2-4-6-19/h2-10,21-22,24H,11-17H2,1H3. The second kappa shape index (κ2) is 9.14. The lowest BCUT2D eigenvalue weighted by Gasteiger charge is -2.33. The Morgan fingerprint density at radius 2 is 1.72 bits per heavy atom. The molecule has 1 saturated heterocycles. The van der Waals surface area contributed by atoms with Gasteiger partial charge in [0.15, 0.2) is 0 Å². The monoisotopic (exact) mass is 339 g/mol. The third kappa shape index (κ3) is 5.67. The summed E-state index contributed by atoms with van der Waals surface area (Å²) in [5, 5.41) is 10.4. The Kier molecular flexibility index (Phi) is 6.62. The lowest BCUT2D eigenvalue weighted by Crippen LogP contribution is -2.39. The van der Waals surface area contributed by atoms with Gasteiger partial charge in [0, 0.05) is 19.6 Å². The number of aryl methyl sites for hydroxylation is 1. The van der Waals surface area contributed by atoms with Crippen LogP contribution in [0.3, 0.4) is 0 Å². The van der Waals surface area contributed by atoms with Gasteiger partial charge in [-0.2, -0.15) is 0 Å². The van der Waals surface area contributed by atoms with Crippen molar-refractivity contribution < 1.29 is 9.84 Å². The molecule has 1 N–H and O–H groups in total. The number of aliphatic hydroxyl groups is 1. The number of likely N-dealkylation sites (tertiary alicyclic amines) is 1. The number of rotatable bonds is 7. The van der Waals surface area contributed by atoms with E-state index in [9.17, 15) is 5.11 Å². The summed E-state index contributed by atoms with van der Waals surface area (Å²) >= 11 is 0. The fourth-order valence-corrected chi connectivity index (χ4v) is 3.39. The summed E-state index contributed by atoms with van der Waals surface area (Å²) in [4.78, 5) is 2.35. The molecule has 0 spiro atoms. The van der Waals surface area contributed by atoms with E-state index >= 15 is 0 Å². The van der Waals surface area contributed by atoms with E-state index in [1.165, 1.54) is 11.1 Å². The molecule has 25 heavy (non-hydrogen) atoms. The predicted octanol–water partition coefficient (Wildman–Crippen LogP) is 3.75. The van der Waals surface area contributed by atoms with Crippen LogP contribution in [0.2, 0.25) is 0 Å². The summed E-state index contributed by atoms with van der Waals surface area (Å²) in [5.41, 5.74) is 3.57. The highest BCUT2D eigenvalue weighted by atomic mass is 16.5. The average Bonchev–Trinajstić information content (AvgIpc) is 2.64. The highest BCUT2D eigenvalue weighted by Crippen LogP contribution is 2.19. The van der Waals surface area contributed by atoms with E-state index in [0.29, 0.717) is 12.6 Å². The fourth-order valence-electron chi connectivity index (χ4n) is 3.39. The van der Waals surface area contributed by atoms with Crippen molar-refractivity contribution in [2.45, 2.75) is 38.4 Å². The van der Waals surface area contributed by atoms with Crippen LogP contribution in [-0.4, -0.2) is 42.4 Å². The van der Waals surface area contributed by atoms with Gasteiger partial charge in [-0.1, -0.05) is 60.2 Å². The van der Waals surface area contributed by atoms with E-state index in [1.807, 2.05) is 18.2 Å². The Balaban J connectivity index is 1.36. The average molecular weight is 339 g/mol. The molecular formula is C22H29NO2. The number of hydrogen-bond donors (Lipinski definition) is 1. The molecule has 3 rings (SSSR count). The summed E-state index contributed by atoms with van der Waals surface area (Å²) < 4.78 is 6.05. The van der Waals surface area contributed by atoms with Crippen LogP contribution in [0.15, 0.2) is 54.6 Å². The molecule has 0 radical (unpaired) electrons. The van der Waals surface area contributed by atoms with Gasteiger partial charge in [0.2, 0.25) is 0 Å². The lowest BCUT2D eigenvalue weighted by atomic mass is 10.0. The van der Waals surface area contributed by atoms with Gasteiger partial charge >= 0.3 is 0 Å². The summed E-state index contributed by atoms with van der Waals surface area (Å²) in [6, 6.07) is 18.7. The van der Waals surface area contributed by atoms with Crippen LogP contribution in [0.1, 0.15) is 35.6 Å². The molecule has 1 fully saturated rings. The van der Waals surface area contributed by atoms with Gasteiger partial charge in [0.1, 0.15) is 0 Å². The molecule has 0 aliphatic carbocycles. The number of aliphatic hydroxyl groups excluding tert-OH is 1. The number of nitrogens with zero attached hydrogens (tertiary/aromatic N) is 1. The van der Waals surface area contributed by atoms with E-state index in [4.69, 9.17) is 4.74 Å². The molecule has 0 amide bonds. The number of hydrogen-bond acceptors (Lipinski definition) is 3. The highest BCUT2D eigenvalue weighted by molar-refractivity contribution is 5.23. The molecule has 3 heteroatoms. The van der Waals surface area contributed by atoms with E-state index in [0.717, 1.165) is 44.5 Å². The maximum Gasteiger partial charge on any atom is 0.0916 e. The van der Waals surface area contributed by atoms with Gasteiger partial charge in [-0.3, -0.25) is 0 Å². The van der Waals surface area contributed by atoms with Crippen molar-refractivity contribution in [2.24, 2.45) is 0 Å². The molecule has 3 nitrogen and oxygen atoms in total. The molecule has 134 valence electrons. The number of benzene rings is 2. The highest BCUT2D eigenvalue weighted by Gasteiger charge is 2.21. The second-order valence-electron chi connectivity index (χ2n) is 7.03. The maximum absolute atomic E-state index is 10.4.